The monoisotopic (exact) mass is 602 g/mol. The van der Waals surface area contributed by atoms with Gasteiger partial charge in [-0.25, -0.2) is 14.6 Å². The Hall–Kier alpha value is -4.86. The molecule has 0 N–H and O–H groups in total. The molecule has 43 heavy (non-hydrogen) atoms. The number of carbonyl (C=O) groups excluding carboxylic acids is 4. The first-order chi connectivity index (χ1) is 20.4. The molecule has 16 heteroatoms. The molecule has 4 heterocycles. The average molecular weight is 603 g/mol. The van der Waals surface area contributed by atoms with Gasteiger partial charge < -0.3 is 28.3 Å². The van der Waals surface area contributed by atoms with Crippen molar-refractivity contribution in [2.24, 2.45) is 14.1 Å². The van der Waals surface area contributed by atoms with E-state index in [2.05, 4.69) is 4.98 Å². The Balaban J connectivity index is 1.47. The van der Waals surface area contributed by atoms with E-state index in [1.807, 2.05) is 0 Å². The third kappa shape index (κ3) is 6.80. The number of esters is 4. The van der Waals surface area contributed by atoms with E-state index in [-0.39, 0.29) is 42.9 Å². The molecule has 1 saturated heterocycles. The highest BCUT2D eigenvalue weighted by Crippen LogP contribution is 2.31. The highest BCUT2D eigenvalue weighted by Gasteiger charge is 2.54. The number of rotatable bonds is 10. The highest BCUT2D eigenvalue weighted by atomic mass is 16.7. The fourth-order valence-corrected chi connectivity index (χ4v) is 4.77. The molecule has 0 aliphatic carbocycles. The van der Waals surface area contributed by atoms with Gasteiger partial charge in [0, 0.05) is 47.5 Å². The van der Waals surface area contributed by atoms with Gasteiger partial charge >= 0.3 is 35.8 Å². The van der Waals surface area contributed by atoms with Crippen LogP contribution in [-0.2, 0) is 58.7 Å². The van der Waals surface area contributed by atoms with E-state index in [4.69, 9.17) is 23.7 Å². The lowest BCUT2D eigenvalue weighted by Gasteiger charge is -2.21. The summed E-state index contributed by atoms with van der Waals surface area (Å²) in [4.78, 5) is 77.6. The van der Waals surface area contributed by atoms with Crippen molar-refractivity contribution in [1.82, 2.24) is 18.7 Å². The largest absolute Gasteiger partial charge is 0.463 e. The molecule has 0 aromatic carbocycles. The molecule has 4 rings (SSSR count). The maximum absolute atomic E-state index is 12.9. The van der Waals surface area contributed by atoms with E-state index in [1.165, 1.54) is 66.2 Å². The Kier molecular flexibility index (Phi) is 9.38. The number of hydrogen-bond donors (Lipinski definition) is 0. The van der Waals surface area contributed by atoms with E-state index in [0.29, 0.717) is 0 Å². The second kappa shape index (κ2) is 13.0. The van der Waals surface area contributed by atoms with E-state index in [1.54, 1.807) is 13.2 Å². The summed E-state index contributed by atoms with van der Waals surface area (Å²) in [7, 11) is 3.17. The summed E-state index contributed by atoms with van der Waals surface area (Å²) >= 11 is 0. The van der Waals surface area contributed by atoms with Gasteiger partial charge in [0.1, 0.15) is 18.3 Å². The molecule has 0 amide bonds. The summed E-state index contributed by atoms with van der Waals surface area (Å²) in [6.07, 6.45) is 0.335. The van der Waals surface area contributed by atoms with Crippen LogP contribution in [0.25, 0.3) is 11.2 Å². The summed E-state index contributed by atoms with van der Waals surface area (Å²) < 4.78 is 32.5. The van der Waals surface area contributed by atoms with Gasteiger partial charge in [-0.05, 0) is 12.5 Å². The highest BCUT2D eigenvalue weighted by molar-refractivity contribution is 5.88. The number of hydrogen-bond acceptors (Lipinski definition) is 12. The molecule has 0 radical (unpaired) electrons. The maximum atomic E-state index is 12.9. The fraction of sp³-hybridized carbons (Fsp3) is 0.481. The van der Waals surface area contributed by atoms with Crippen LogP contribution in [-0.4, -0.2) is 74.1 Å². The first-order valence-corrected chi connectivity index (χ1v) is 13.3. The van der Waals surface area contributed by atoms with Crippen LogP contribution in [0.3, 0.4) is 0 Å². The van der Waals surface area contributed by atoms with E-state index in [9.17, 15) is 28.8 Å². The first-order valence-electron chi connectivity index (χ1n) is 13.3. The number of nitrogens with zero attached hydrogens (tertiary/aromatic N) is 5. The molecule has 1 aliphatic rings. The topological polar surface area (TPSA) is 180 Å². The van der Waals surface area contributed by atoms with Gasteiger partial charge in [-0.2, -0.15) is 4.57 Å². The van der Waals surface area contributed by atoms with Crippen molar-refractivity contribution in [2.45, 2.75) is 58.3 Å². The number of aryl methyl sites for hydroxylation is 2. The lowest BCUT2D eigenvalue weighted by atomic mass is 10.1. The van der Waals surface area contributed by atoms with Crippen molar-refractivity contribution in [3.05, 3.63) is 57.3 Å². The molecule has 1 fully saturated rings. The molecule has 0 unspecified atom stereocenters. The van der Waals surface area contributed by atoms with Crippen LogP contribution in [0.1, 0.15) is 43.8 Å². The predicted octanol–water partition coefficient (Wildman–Crippen LogP) is -0.708. The van der Waals surface area contributed by atoms with Gasteiger partial charge in [-0.1, -0.05) is 0 Å². The minimum absolute atomic E-state index is 0.00986. The van der Waals surface area contributed by atoms with E-state index >= 15 is 0 Å². The van der Waals surface area contributed by atoms with E-state index in [0.717, 1.165) is 4.57 Å². The zero-order valence-electron chi connectivity index (χ0n) is 24.3. The summed E-state index contributed by atoms with van der Waals surface area (Å²) in [6.45, 7) is 3.20. The number of carbonyl (C=O) groups is 4. The fourth-order valence-electron chi connectivity index (χ4n) is 4.77. The quantitative estimate of drug-likeness (QED) is 0.123. The maximum Gasteiger partial charge on any atom is 0.344 e. The number of pyridine rings is 1. The molecule has 16 nitrogen and oxygen atoms in total. The Morgan fingerprint density at radius 2 is 1.70 bits per heavy atom. The van der Waals surface area contributed by atoms with Crippen LogP contribution in [0, 0.1) is 0 Å². The van der Waals surface area contributed by atoms with Crippen LogP contribution in [0.2, 0.25) is 0 Å². The van der Waals surface area contributed by atoms with Crippen molar-refractivity contribution in [3.8, 4) is 0 Å². The summed E-state index contributed by atoms with van der Waals surface area (Å²) in [5.74, 6) is -2.62. The molecule has 4 atom stereocenters. The number of imidazole rings is 1. The second-order valence-electron chi connectivity index (χ2n) is 9.87. The standard InChI is InChI=1S/C27H32N5O11/c1-15(33)40-13-19-21(41-16(2)34)22(42-17(3)35)25(43-19)31-9-6-8-18(12-31)26(37)39-11-7-10-32-24(36)20-23(28-14-29(20)4)30(5)27(32)38/h6,8-9,12,14,19,21-22,25H,7,10-11,13H2,1-5H3/q+1/t19-,21-,22-,25-/m1/s1. The van der Waals surface area contributed by atoms with Crippen LogP contribution < -0.4 is 15.8 Å². The zero-order chi connectivity index (χ0) is 31.4. The number of ether oxygens (including phenoxy) is 5. The van der Waals surface area contributed by atoms with Crippen LogP contribution in [0.5, 0.6) is 0 Å². The minimum atomic E-state index is -1.13. The second-order valence-corrected chi connectivity index (χ2v) is 9.87. The van der Waals surface area contributed by atoms with Gasteiger partial charge in [0.05, 0.1) is 12.9 Å². The lowest BCUT2D eigenvalue weighted by molar-refractivity contribution is -0.765. The molecule has 230 valence electrons. The van der Waals surface area contributed by atoms with Crippen LogP contribution in [0.4, 0.5) is 0 Å². The first kappa shape index (κ1) is 31.1. The Labute approximate surface area is 244 Å². The molecule has 1 aliphatic heterocycles. The van der Waals surface area contributed by atoms with Crippen LogP contribution >= 0.6 is 0 Å². The van der Waals surface area contributed by atoms with Gasteiger partial charge in [-0.15, -0.1) is 0 Å². The Morgan fingerprint density at radius 3 is 2.37 bits per heavy atom. The smallest absolute Gasteiger partial charge is 0.344 e. The molecule has 0 bridgehead atoms. The normalized spacial score (nSPS) is 19.7. The van der Waals surface area contributed by atoms with Gasteiger partial charge in [0.2, 0.25) is 6.10 Å². The minimum Gasteiger partial charge on any atom is -0.463 e. The van der Waals surface area contributed by atoms with Crippen molar-refractivity contribution in [1.29, 1.82) is 0 Å². The van der Waals surface area contributed by atoms with Gasteiger partial charge in [0.25, 0.3) is 5.56 Å². The van der Waals surface area contributed by atoms with Gasteiger partial charge in [-0.3, -0.25) is 28.3 Å². The summed E-state index contributed by atoms with van der Waals surface area (Å²) in [6, 6.07) is 3.03. The SMILES string of the molecule is CC(=O)OC[C@H]1O[C@@H]([n+]2cccc(C(=O)OCCCn3c(=O)c4c(ncn4C)n(C)c3=O)c2)[C@H](OC(C)=O)[C@@H]1OC(C)=O. The van der Waals surface area contributed by atoms with Crippen molar-refractivity contribution < 1.29 is 47.4 Å². The third-order valence-corrected chi connectivity index (χ3v) is 6.65. The molecule has 3 aromatic rings. The van der Waals surface area contributed by atoms with E-state index < -0.39 is 59.7 Å². The summed E-state index contributed by atoms with van der Waals surface area (Å²) in [5, 5.41) is 0. The average Bonchev–Trinajstić information content (AvgIpc) is 3.49. The van der Waals surface area contributed by atoms with Crippen molar-refractivity contribution >= 4 is 35.0 Å². The van der Waals surface area contributed by atoms with Crippen molar-refractivity contribution in [3.63, 3.8) is 0 Å². The van der Waals surface area contributed by atoms with Gasteiger partial charge in [0.15, 0.2) is 29.7 Å². The molecular weight excluding hydrogens is 570 g/mol. The Morgan fingerprint density at radius 1 is 1.00 bits per heavy atom. The third-order valence-electron chi connectivity index (χ3n) is 6.65. The van der Waals surface area contributed by atoms with Crippen LogP contribution in [0.15, 0.2) is 40.4 Å². The molecular formula is C27H32N5O11+. The Bertz CT molecular complexity index is 1670. The number of fused-ring (bicyclic) bond motifs is 1. The molecule has 0 spiro atoms. The van der Waals surface area contributed by atoms with Crippen molar-refractivity contribution in [2.75, 3.05) is 13.2 Å². The predicted molar refractivity (Wildman–Crippen MR) is 143 cm³/mol. The zero-order valence-corrected chi connectivity index (χ0v) is 24.3. The summed E-state index contributed by atoms with van der Waals surface area (Å²) in [5.41, 5.74) is -0.364. The molecule has 3 aromatic heterocycles. The lowest BCUT2D eigenvalue weighted by Crippen LogP contribution is -2.48. The number of aromatic nitrogens is 5. The molecule has 0 saturated carbocycles.